The molecular formula is C15H17N5O2S2. The van der Waals surface area contributed by atoms with Crippen molar-refractivity contribution >= 4 is 39.8 Å². The monoisotopic (exact) mass is 363 g/mol. The molecule has 0 saturated carbocycles. The number of carbonyl (C=O) groups excluding carboxylic acids is 1. The van der Waals surface area contributed by atoms with Crippen LogP contribution in [0.5, 0.6) is 0 Å². The summed E-state index contributed by atoms with van der Waals surface area (Å²) in [6, 6.07) is 8.96. The van der Waals surface area contributed by atoms with E-state index in [1.807, 2.05) is 0 Å². The fourth-order valence-corrected chi connectivity index (χ4v) is 3.64. The lowest BCUT2D eigenvalue weighted by atomic mass is 10.2. The van der Waals surface area contributed by atoms with Crippen LogP contribution in [0.25, 0.3) is 0 Å². The van der Waals surface area contributed by atoms with Gasteiger partial charge in [-0.2, -0.15) is 5.26 Å². The normalized spacial score (nSPS) is 11.5. The molecule has 0 fully saturated rings. The number of hydrogen-bond donors (Lipinski definition) is 2. The van der Waals surface area contributed by atoms with Crippen LogP contribution in [0.1, 0.15) is 12.5 Å². The molecule has 0 spiro atoms. The smallest absolute Gasteiger partial charge is 0.237 e. The Hall–Kier alpha value is -2.15. The predicted molar refractivity (Wildman–Crippen MR) is 95.4 cm³/mol. The molecule has 0 aliphatic carbocycles. The number of methoxy groups -OCH3 is 1. The summed E-state index contributed by atoms with van der Waals surface area (Å²) < 4.78 is 5.65. The number of hydrogen-bond acceptors (Lipinski definition) is 8. The van der Waals surface area contributed by atoms with Crippen molar-refractivity contribution in [1.29, 1.82) is 5.26 Å². The zero-order valence-electron chi connectivity index (χ0n) is 13.3. The van der Waals surface area contributed by atoms with E-state index in [1.165, 1.54) is 23.1 Å². The van der Waals surface area contributed by atoms with Gasteiger partial charge in [0.15, 0.2) is 4.34 Å². The Morgan fingerprint density at radius 3 is 3.00 bits per heavy atom. The number of aromatic nitrogens is 2. The lowest BCUT2D eigenvalue weighted by Gasteiger charge is -2.11. The van der Waals surface area contributed by atoms with Crippen LogP contribution in [0, 0.1) is 11.3 Å². The minimum atomic E-state index is -0.364. The lowest BCUT2D eigenvalue weighted by molar-refractivity contribution is -0.115. The van der Waals surface area contributed by atoms with Crippen molar-refractivity contribution < 1.29 is 9.53 Å². The number of nitriles is 1. The van der Waals surface area contributed by atoms with Gasteiger partial charge in [0.1, 0.15) is 6.07 Å². The molecule has 0 radical (unpaired) electrons. The summed E-state index contributed by atoms with van der Waals surface area (Å²) in [6.45, 7) is 3.02. The molecule has 0 bridgehead atoms. The van der Waals surface area contributed by atoms with Crippen LogP contribution < -0.4 is 10.6 Å². The fourth-order valence-electron chi connectivity index (χ4n) is 1.72. The summed E-state index contributed by atoms with van der Waals surface area (Å²) in [7, 11) is 1.63. The molecule has 24 heavy (non-hydrogen) atoms. The highest BCUT2D eigenvalue weighted by Crippen LogP contribution is 2.29. The van der Waals surface area contributed by atoms with Crippen molar-refractivity contribution in [2.24, 2.45) is 0 Å². The van der Waals surface area contributed by atoms with Crippen LogP contribution in [0.3, 0.4) is 0 Å². The van der Waals surface area contributed by atoms with E-state index in [1.54, 1.807) is 38.3 Å². The maximum atomic E-state index is 12.3. The molecule has 1 heterocycles. The molecule has 1 aromatic carbocycles. The van der Waals surface area contributed by atoms with Gasteiger partial charge in [-0.3, -0.25) is 4.79 Å². The van der Waals surface area contributed by atoms with Crippen molar-refractivity contribution in [1.82, 2.24) is 10.2 Å². The molecule has 0 aliphatic heterocycles. The van der Waals surface area contributed by atoms with Crippen LogP contribution in [0.15, 0.2) is 28.6 Å². The summed E-state index contributed by atoms with van der Waals surface area (Å²) in [6.07, 6.45) is 0. The molecule has 7 nitrogen and oxygen atoms in total. The first-order chi connectivity index (χ1) is 11.6. The van der Waals surface area contributed by atoms with Gasteiger partial charge in [-0.25, -0.2) is 0 Å². The molecule has 126 valence electrons. The number of para-hydroxylation sites is 1. The summed E-state index contributed by atoms with van der Waals surface area (Å²) in [5.41, 5.74) is 0.945. The van der Waals surface area contributed by atoms with E-state index in [0.29, 0.717) is 33.9 Å². The van der Waals surface area contributed by atoms with Gasteiger partial charge in [0.05, 0.1) is 23.1 Å². The lowest BCUT2D eigenvalue weighted by Crippen LogP contribution is -2.22. The van der Waals surface area contributed by atoms with E-state index in [0.717, 1.165) is 0 Å². The Morgan fingerprint density at radius 1 is 1.46 bits per heavy atom. The first-order valence-electron chi connectivity index (χ1n) is 7.17. The molecular weight excluding hydrogens is 346 g/mol. The molecule has 2 N–H and O–H groups in total. The Kier molecular flexibility index (Phi) is 6.99. The van der Waals surface area contributed by atoms with Crippen molar-refractivity contribution in [2.45, 2.75) is 16.5 Å². The van der Waals surface area contributed by atoms with E-state index in [4.69, 9.17) is 10.00 Å². The number of benzene rings is 1. The van der Waals surface area contributed by atoms with Gasteiger partial charge in [0, 0.05) is 13.7 Å². The van der Waals surface area contributed by atoms with Crippen LogP contribution in [0.4, 0.5) is 10.8 Å². The number of rotatable bonds is 8. The second-order valence-electron chi connectivity index (χ2n) is 4.70. The van der Waals surface area contributed by atoms with Gasteiger partial charge in [0.2, 0.25) is 11.0 Å². The van der Waals surface area contributed by atoms with Crippen LogP contribution in [-0.4, -0.2) is 41.6 Å². The number of nitrogens with zero attached hydrogens (tertiary/aromatic N) is 3. The molecule has 0 saturated heterocycles. The van der Waals surface area contributed by atoms with Gasteiger partial charge in [0.25, 0.3) is 0 Å². The Labute approximate surface area is 148 Å². The highest BCUT2D eigenvalue weighted by molar-refractivity contribution is 8.02. The van der Waals surface area contributed by atoms with Crippen molar-refractivity contribution in [3.63, 3.8) is 0 Å². The van der Waals surface area contributed by atoms with Crippen molar-refractivity contribution in [2.75, 3.05) is 30.9 Å². The van der Waals surface area contributed by atoms with E-state index in [2.05, 4.69) is 26.9 Å². The van der Waals surface area contributed by atoms with E-state index in [9.17, 15) is 4.79 Å². The maximum absolute atomic E-state index is 12.3. The number of nitrogens with one attached hydrogen (secondary N) is 2. The first kappa shape index (κ1) is 18.2. The number of anilines is 2. The SMILES string of the molecule is COCCNc1nnc(S[C@@H](C)C(=O)Nc2ccccc2C#N)s1. The molecule has 0 unspecified atom stereocenters. The molecule has 1 atom stereocenters. The Bertz CT molecular complexity index is 729. The van der Waals surface area contributed by atoms with Crippen molar-refractivity contribution in [3.05, 3.63) is 29.8 Å². The van der Waals surface area contributed by atoms with Gasteiger partial charge < -0.3 is 15.4 Å². The Morgan fingerprint density at radius 2 is 2.25 bits per heavy atom. The fraction of sp³-hybridized carbons (Fsp3) is 0.333. The standard InChI is InChI=1S/C15H17N5O2S2/c1-10(13(21)18-12-6-4-3-5-11(12)9-16)23-15-20-19-14(24-15)17-7-8-22-2/h3-6,10H,7-8H2,1-2H3,(H,17,19)(H,18,21)/t10-/m0/s1. The zero-order chi connectivity index (χ0) is 17.4. The number of carbonyl (C=O) groups is 1. The predicted octanol–water partition coefficient (Wildman–Crippen LogP) is 2.59. The molecule has 9 heteroatoms. The van der Waals surface area contributed by atoms with E-state index < -0.39 is 0 Å². The molecule has 1 aromatic heterocycles. The topological polar surface area (TPSA) is 99.9 Å². The third kappa shape index (κ3) is 5.19. The van der Waals surface area contributed by atoms with Crippen LogP contribution in [0.2, 0.25) is 0 Å². The van der Waals surface area contributed by atoms with Gasteiger partial charge >= 0.3 is 0 Å². The minimum absolute atomic E-state index is 0.188. The van der Waals surface area contributed by atoms with Crippen molar-refractivity contribution in [3.8, 4) is 6.07 Å². The molecule has 1 amide bonds. The summed E-state index contributed by atoms with van der Waals surface area (Å²) in [5, 5.41) is 23.3. The van der Waals surface area contributed by atoms with Crippen LogP contribution >= 0.6 is 23.1 Å². The number of ether oxygens (including phenoxy) is 1. The van der Waals surface area contributed by atoms with E-state index >= 15 is 0 Å². The summed E-state index contributed by atoms with van der Waals surface area (Å²) in [5.74, 6) is -0.188. The third-order valence-corrected chi connectivity index (χ3v) is 5.01. The average Bonchev–Trinajstić information content (AvgIpc) is 3.03. The van der Waals surface area contributed by atoms with Gasteiger partial charge in [-0.15, -0.1) is 10.2 Å². The quantitative estimate of drug-likeness (QED) is 0.549. The largest absolute Gasteiger partial charge is 0.383 e. The second-order valence-corrected chi connectivity index (χ2v) is 7.26. The molecule has 2 rings (SSSR count). The molecule has 0 aliphatic rings. The van der Waals surface area contributed by atoms with Gasteiger partial charge in [-0.1, -0.05) is 35.2 Å². The third-order valence-electron chi connectivity index (χ3n) is 2.94. The van der Waals surface area contributed by atoms with E-state index in [-0.39, 0.29) is 11.2 Å². The highest BCUT2D eigenvalue weighted by atomic mass is 32.2. The molecule has 2 aromatic rings. The highest BCUT2D eigenvalue weighted by Gasteiger charge is 2.18. The van der Waals surface area contributed by atoms with Gasteiger partial charge in [-0.05, 0) is 19.1 Å². The minimum Gasteiger partial charge on any atom is -0.383 e. The number of amides is 1. The van der Waals surface area contributed by atoms with Crippen LogP contribution in [-0.2, 0) is 9.53 Å². The Balaban J connectivity index is 1.91. The summed E-state index contributed by atoms with van der Waals surface area (Å²) >= 11 is 2.71. The second kappa shape index (κ2) is 9.22. The number of thioether (sulfide) groups is 1. The first-order valence-corrected chi connectivity index (χ1v) is 8.86. The zero-order valence-corrected chi connectivity index (χ0v) is 14.9. The summed E-state index contributed by atoms with van der Waals surface area (Å²) in [4.78, 5) is 12.3. The average molecular weight is 363 g/mol. The maximum Gasteiger partial charge on any atom is 0.237 e.